The molecule has 9 nitrogen and oxygen atoms in total. The maximum atomic E-state index is 10.6. The summed E-state index contributed by atoms with van der Waals surface area (Å²) in [6.07, 6.45) is 3.52. The molecule has 1 heterocycles. The van der Waals surface area contributed by atoms with Gasteiger partial charge in [0, 0.05) is 75.0 Å². The maximum absolute atomic E-state index is 10.6. The van der Waals surface area contributed by atoms with Crippen molar-refractivity contribution < 1.29 is 40.9 Å². The summed E-state index contributed by atoms with van der Waals surface area (Å²) >= 11 is 0. The summed E-state index contributed by atoms with van der Waals surface area (Å²) in [5, 5.41) is 89.4. The first-order valence-electron chi connectivity index (χ1n) is 35.0. The van der Waals surface area contributed by atoms with E-state index in [1.807, 2.05) is 155 Å². The Hall–Kier alpha value is -12.6. The first-order valence-corrected chi connectivity index (χ1v) is 35.0. The first-order chi connectivity index (χ1) is 50.2. The van der Waals surface area contributed by atoms with Crippen molar-refractivity contribution >= 4 is 32.3 Å². The van der Waals surface area contributed by atoms with Crippen LogP contribution in [0.25, 0.3) is 76.8 Å². The SMILES string of the molecule is Cc1cc(-c2ccc(O)c(C(C)c3ccncc3)c2)ccc1O.Cc1ccc(O)c(-c2cc(C(C)c3c4ccccc4cc4ccccc34)ccc2O)c1.Cc1ccc(O)c(-c2cc(C(C)c3cccc4ccccc34)ccc2O)c1.Cc1ccc(O)c(-c2cc(C(C)c3ccccc3)ccc2O)c1. The molecule has 0 amide bonds. The first kappa shape index (κ1) is 71.2. The molecule has 0 saturated carbocycles. The largest absolute Gasteiger partial charge is 0.508 e. The van der Waals surface area contributed by atoms with Crippen molar-refractivity contribution in [2.75, 3.05) is 0 Å². The van der Waals surface area contributed by atoms with Crippen molar-refractivity contribution in [3.8, 4) is 90.5 Å². The fraction of sp³-hybridized carbons (Fsp3) is 0.126. The number of benzene rings is 14. The van der Waals surface area contributed by atoms with Crippen LogP contribution in [0.4, 0.5) is 0 Å². The zero-order chi connectivity index (χ0) is 73.3. The number of aromatic nitrogens is 1. The molecule has 104 heavy (non-hydrogen) atoms. The normalized spacial score (nSPS) is 12.2. The molecule has 0 aliphatic heterocycles. The number of rotatable bonds is 12. The third kappa shape index (κ3) is 15.8. The molecule has 0 spiro atoms. The molecular formula is C95H85NO8. The van der Waals surface area contributed by atoms with Gasteiger partial charge in [-0.2, -0.15) is 0 Å². The van der Waals surface area contributed by atoms with Crippen LogP contribution in [-0.2, 0) is 0 Å². The highest BCUT2D eigenvalue weighted by Gasteiger charge is 2.22. The summed E-state index contributed by atoms with van der Waals surface area (Å²) in [5.41, 5.74) is 18.9. The average molecular weight is 1370 g/mol. The fourth-order valence-electron chi connectivity index (χ4n) is 13.9. The number of phenols is 8. The number of hydrogen-bond donors (Lipinski definition) is 8. The minimum atomic E-state index is 0.0659. The maximum Gasteiger partial charge on any atom is 0.123 e. The Bertz CT molecular complexity index is 5510. The molecule has 14 aromatic carbocycles. The second-order valence-corrected chi connectivity index (χ2v) is 27.0. The third-order valence-corrected chi connectivity index (χ3v) is 20.0. The lowest BCUT2D eigenvalue weighted by molar-refractivity contribution is 0.466. The van der Waals surface area contributed by atoms with Gasteiger partial charge in [-0.05, 0) is 231 Å². The van der Waals surface area contributed by atoms with Crippen molar-refractivity contribution in [3.63, 3.8) is 0 Å². The molecule has 0 fully saturated rings. The quantitative estimate of drug-likeness (QED) is 0.0554. The lowest BCUT2D eigenvalue weighted by Crippen LogP contribution is -1.99. The van der Waals surface area contributed by atoms with E-state index in [9.17, 15) is 40.9 Å². The number of phenolic OH excluding ortho intramolecular Hbond substituents is 8. The van der Waals surface area contributed by atoms with Crippen LogP contribution < -0.4 is 0 Å². The zero-order valence-corrected chi connectivity index (χ0v) is 59.6. The van der Waals surface area contributed by atoms with Gasteiger partial charge in [0.25, 0.3) is 0 Å². The summed E-state index contributed by atoms with van der Waals surface area (Å²) in [7, 11) is 0. The van der Waals surface area contributed by atoms with Gasteiger partial charge in [0.15, 0.2) is 0 Å². The van der Waals surface area contributed by atoms with Crippen molar-refractivity contribution in [1.29, 1.82) is 0 Å². The van der Waals surface area contributed by atoms with Crippen LogP contribution in [0.1, 0.15) is 118 Å². The number of nitrogens with zero attached hydrogens (tertiary/aromatic N) is 1. The molecule has 0 saturated heterocycles. The summed E-state index contributed by atoms with van der Waals surface area (Å²) in [6, 6.07) is 92.6. The molecule has 15 aromatic rings. The number of aryl methyl sites for hydroxylation is 4. The van der Waals surface area contributed by atoms with Crippen LogP contribution in [0, 0.1) is 27.7 Å². The molecule has 4 unspecified atom stereocenters. The smallest absolute Gasteiger partial charge is 0.123 e. The van der Waals surface area contributed by atoms with E-state index < -0.39 is 0 Å². The molecule has 1 aromatic heterocycles. The fourth-order valence-corrected chi connectivity index (χ4v) is 13.9. The monoisotopic (exact) mass is 1370 g/mol. The summed E-state index contributed by atoms with van der Waals surface area (Å²) in [4.78, 5) is 4.04. The van der Waals surface area contributed by atoms with E-state index in [0.29, 0.717) is 33.4 Å². The zero-order valence-electron chi connectivity index (χ0n) is 59.6. The van der Waals surface area contributed by atoms with Gasteiger partial charge < -0.3 is 40.9 Å². The van der Waals surface area contributed by atoms with E-state index in [0.717, 1.165) is 61.2 Å². The van der Waals surface area contributed by atoms with E-state index in [1.54, 1.807) is 60.9 Å². The van der Waals surface area contributed by atoms with Gasteiger partial charge in [-0.3, -0.25) is 4.98 Å². The highest BCUT2D eigenvalue weighted by Crippen LogP contribution is 2.45. The van der Waals surface area contributed by atoms with Crippen LogP contribution in [0.15, 0.2) is 298 Å². The van der Waals surface area contributed by atoms with E-state index in [4.69, 9.17) is 0 Å². The minimum Gasteiger partial charge on any atom is -0.508 e. The van der Waals surface area contributed by atoms with Crippen LogP contribution in [-0.4, -0.2) is 45.8 Å². The van der Waals surface area contributed by atoms with E-state index >= 15 is 0 Å². The molecule has 0 bridgehead atoms. The van der Waals surface area contributed by atoms with Gasteiger partial charge in [-0.25, -0.2) is 0 Å². The average Bonchev–Trinajstić information content (AvgIpc) is 0.766. The molecule has 8 N–H and O–H groups in total. The van der Waals surface area contributed by atoms with Gasteiger partial charge in [0.05, 0.1) is 0 Å². The highest BCUT2D eigenvalue weighted by atomic mass is 16.3. The van der Waals surface area contributed by atoms with E-state index in [2.05, 4.69) is 142 Å². The predicted octanol–water partition coefficient (Wildman–Crippen LogP) is 23.8. The number of pyridine rings is 1. The molecular weight excluding hydrogens is 1280 g/mol. The molecule has 518 valence electrons. The third-order valence-electron chi connectivity index (χ3n) is 20.0. The van der Waals surface area contributed by atoms with E-state index in [-0.39, 0.29) is 69.7 Å². The van der Waals surface area contributed by atoms with Crippen LogP contribution >= 0.6 is 0 Å². The van der Waals surface area contributed by atoms with Crippen molar-refractivity contribution in [3.05, 3.63) is 364 Å². The molecule has 15 rings (SSSR count). The topological polar surface area (TPSA) is 175 Å². The Morgan fingerprint density at radius 1 is 0.240 bits per heavy atom. The van der Waals surface area contributed by atoms with Crippen molar-refractivity contribution in [1.82, 2.24) is 4.98 Å². The Kier molecular flexibility index (Phi) is 21.6. The number of hydrogen-bond acceptors (Lipinski definition) is 9. The molecule has 0 aliphatic carbocycles. The Morgan fingerprint density at radius 3 is 1.10 bits per heavy atom. The second-order valence-electron chi connectivity index (χ2n) is 27.0. The van der Waals surface area contributed by atoms with Crippen LogP contribution in [0.2, 0.25) is 0 Å². The van der Waals surface area contributed by atoms with Crippen LogP contribution in [0.5, 0.6) is 46.0 Å². The number of aromatic hydroxyl groups is 8. The van der Waals surface area contributed by atoms with Gasteiger partial charge in [-0.1, -0.05) is 214 Å². The second kappa shape index (κ2) is 31.5. The van der Waals surface area contributed by atoms with Gasteiger partial charge in [0.1, 0.15) is 46.0 Å². The molecule has 0 aliphatic rings. The predicted molar refractivity (Wildman–Crippen MR) is 426 cm³/mol. The summed E-state index contributed by atoms with van der Waals surface area (Å²) < 4.78 is 0. The Labute approximate surface area is 608 Å². The Morgan fingerprint density at radius 2 is 0.606 bits per heavy atom. The number of fused-ring (bicyclic) bond motifs is 3. The van der Waals surface area contributed by atoms with Gasteiger partial charge in [-0.15, -0.1) is 0 Å². The molecule has 4 atom stereocenters. The summed E-state index contributed by atoms with van der Waals surface area (Å²) in [5.74, 6) is 2.14. The highest BCUT2D eigenvalue weighted by molar-refractivity contribution is 6.03. The molecule has 9 heteroatoms. The lowest BCUT2D eigenvalue weighted by atomic mass is 9.84. The summed E-state index contributed by atoms with van der Waals surface area (Å²) in [6.45, 7) is 16.4. The van der Waals surface area contributed by atoms with Crippen molar-refractivity contribution in [2.24, 2.45) is 0 Å². The standard InChI is InChI=1S/C29H24O2.C25H22O2.C21H20O2.C20H19NO2/c1-18-11-13-27(30)25(15-18)26-17-20(12-14-28(26)31)19(2)29-23-9-5-3-7-21(23)16-22-8-4-6-10-24(22)29;1-16-10-12-24(26)22(14-16)23-15-19(11-13-25(23)27)17(2)20-9-5-7-18-6-3-4-8-21(18)20;1-14-8-10-20(22)18(12-14)19-13-17(9-11-21(19)23)15(2)16-6-4-3-5-7-16;1-13-11-16(3-5-19(13)22)17-4-6-20(23)18(12-17)14(2)15-7-9-21-10-8-15/h3-17,19,30-31H,1-2H3;3-15,17,26-27H,1-2H3;3-13,15,22-23H,1-2H3;3-12,14,22-23H,1-2H3. The lowest BCUT2D eigenvalue weighted by Gasteiger charge is -2.20. The minimum absolute atomic E-state index is 0.0659. The van der Waals surface area contributed by atoms with E-state index in [1.165, 1.54) is 49.0 Å². The van der Waals surface area contributed by atoms with Gasteiger partial charge in [0.2, 0.25) is 0 Å². The van der Waals surface area contributed by atoms with Gasteiger partial charge >= 0.3 is 0 Å². The molecule has 0 radical (unpaired) electrons. The van der Waals surface area contributed by atoms with Crippen LogP contribution in [0.3, 0.4) is 0 Å². The van der Waals surface area contributed by atoms with Crippen molar-refractivity contribution in [2.45, 2.75) is 79.1 Å². The Balaban J connectivity index is 0.000000131.